The molecule has 2 saturated heterocycles. The van der Waals surface area contributed by atoms with Gasteiger partial charge in [-0.1, -0.05) is 6.07 Å². The predicted molar refractivity (Wildman–Crippen MR) is 84.0 cm³/mol. The molecule has 21 heavy (non-hydrogen) atoms. The van der Waals surface area contributed by atoms with Gasteiger partial charge in [-0.05, 0) is 56.0 Å². The minimum absolute atomic E-state index is 0.537. The Morgan fingerprint density at radius 3 is 2.90 bits per heavy atom. The molecule has 4 nitrogen and oxygen atoms in total. The van der Waals surface area contributed by atoms with Crippen LogP contribution >= 0.6 is 0 Å². The van der Waals surface area contributed by atoms with Crippen LogP contribution < -0.4 is 14.8 Å². The summed E-state index contributed by atoms with van der Waals surface area (Å²) in [5.74, 6) is 1.67. The van der Waals surface area contributed by atoms with Gasteiger partial charge in [0, 0.05) is 19.6 Å². The monoisotopic (exact) mass is 290 g/mol. The van der Waals surface area contributed by atoms with Gasteiger partial charge in [-0.25, -0.2) is 0 Å². The third kappa shape index (κ3) is 3.16. The van der Waals surface area contributed by atoms with E-state index in [1.54, 1.807) is 7.11 Å². The van der Waals surface area contributed by atoms with Crippen molar-refractivity contribution in [2.24, 2.45) is 5.41 Å². The second kappa shape index (κ2) is 6.24. The molecular formula is C17H26N2O2. The lowest BCUT2D eigenvalue weighted by Gasteiger charge is -2.23. The first-order valence-corrected chi connectivity index (χ1v) is 7.97. The van der Waals surface area contributed by atoms with E-state index in [0.717, 1.165) is 18.0 Å². The summed E-state index contributed by atoms with van der Waals surface area (Å²) < 4.78 is 11.0. The number of ether oxygens (including phenoxy) is 2. The first-order chi connectivity index (χ1) is 10.2. The van der Waals surface area contributed by atoms with Gasteiger partial charge in [0.15, 0.2) is 11.5 Å². The fourth-order valence-electron chi connectivity index (χ4n) is 3.65. The second-order valence-electron chi connectivity index (χ2n) is 6.31. The molecule has 0 saturated carbocycles. The van der Waals surface area contributed by atoms with Crippen molar-refractivity contribution in [3.05, 3.63) is 23.8 Å². The summed E-state index contributed by atoms with van der Waals surface area (Å²) in [5.41, 5.74) is 1.84. The molecule has 116 valence electrons. The normalized spacial score (nSPS) is 25.6. The maximum absolute atomic E-state index is 5.58. The molecule has 2 heterocycles. The average molecular weight is 290 g/mol. The summed E-state index contributed by atoms with van der Waals surface area (Å²) in [7, 11) is 1.71. The van der Waals surface area contributed by atoms with E-state index in [-0.39, 0.29) is 0 Å². The number of hydrogen-bond acceptors (Lipinski definition) is 4. The van der Waals surface area contributed by atoms with Gasteiger partial charge in [0.05, 0.1) is 13.7 Å². The standard InChI is InChI=1S/C17H26N2O2/c1-3-21-15-5-4-14(10-16(15)20-2)11-19-9-7-17(13-19)6-8-18-12-17/h4-5,10,18H,3,6-9,11-13H2,1-2H3. The Hall–Kier alpha value is -1.26. The highest BCUT2D eigenvalue weighted by Crippen LogP contribution is 2.37. The van der Waals surface area contributed by atoms with Crippen LogP contribution in [0.5, 0.6) is 11.5 Å². The van der Waals surface area contributed by atoms with Crippen molar-refractivity contribution in [1.29, 1.82) is 0 Å². The fourth-order valence-corrected chi connectivity index (χ4v) is 3.65. The van der Waals surface area contributed by atoms with Crippen LogP contribution in [-0.2, 0) is 6.54 Å². The van der Waals surface area contributed by atoms with Gasteiger partial charge in [-0.15, -0.1) is 0 Å². The second-order valence-corrected chi connectivity index (χ2v) is 6.31. The van der Waals surface area contributed by atoms with Gasteiger partial charge in [-0.2, -0.15) is 0 Å². The van der Waals surface area contributed by atoms with Crippen LogP contribution in [0.3, 0.4) is 0 Å². The fraction of sp³-hybridized carbons (Fsp3) is 0.647. The van der Waals surface area contributed by atoms with E-state index < -0.39 is 0 Å². The smallest absolute Gasteiger partial charge is 0.161 e. The van der Waals surface area contributed by atoms with Crippen LogP contribution in [0.1, 0.15) is 25.3 Å². The first-order valence-electron chi connectivity index (χ1n) is 7.97. The highest BCUT2D eigenvalue weighted by molar-refractivity contribution is 5.43. The van der Waals surface area contributed by atoms with E-state index in [1.165, 1.54) is 44.6 Å². The first kappa shape index (κ1) is 14.7. The van der Waals surface area contributed by atoms with Crippen LogP contribution in [0.15, 0.2) is 18.2 Å². The summed E-state index contributed by atoms with van der Waals surface area (Å²) in [6.07, 6.45) is 2.66. The Balaban J connectivity index is 1.65. The Kier molecular flexibility index (Phi) is 4.36. The molecule has 0 radical (unpaired) electrons. The minimum atomic E-state index is 0.537. The lowest BCUT2D eigenvalue weighted by molar-refractivity contribution is 0.267. The zero-order valence-corrected chi connectivity index (χ0v) is 13.2. The molecule has 0 bridgehead atoms. The van der Waals surface area contributed by atoms with Crippen LogP contribution in [0.25, 0.3) is 0 Å². The summed E-state index contributed by atoms with van der Waals surface area (Å²) in [6.45, 7) is 8.46. The zero-order valence-electron chi connectivity index (χ0n) is 13.2. The van der Waals surface area contributed by atoms with Gasteiger partial charge in [-0.3, -0.25) is 4.90 Å². The molecule has 2 fully saturated rings. The lowest BCUT2D eigenvalue weighted by atomic mass is 9.86. The van der Waals surface area contributed by atoms with Crippen LogP contribution in [0.4, 0.5) is 0 Å². The number of hydrogen-bond donors (Lipinski definition) is 1. The van der Waals surface area contributed by atoms with Gasteiger partial charge in [0.2, 0.25) is 0 Å². The molecule has 1 aromatic rings. The highest BCUT2D eigenvalue weighted by atomic mass is 16.5. The largest absolute Gasteiger partial charge is 0.493 e. The van der Waals surface area contributed by atoms with Crippen molar-refractivity contribution in [2.75, 3.05) is 39.9 Å². The lowest BCUT2D eigenvalue weighted by Crippen LogP contribution is -2.28. The molecular weight excluding hydrogens is 264 g/mol. The molecule has 2 aliphatic rings. The number of nitrogens with one attached hydrogen (secondary N) is 1. The average Bonchev–Trinajstić information content (AvgIpc) is 3.11. The molecule has 1 atom stereocenters. The molecule has 1 N–H and O–H groups in total. The minimum Gasteiger partial charge on any atom is -0.493 e. The van der Waals surface area contributed by atoms with E-state index in [9.17, 15) is 0 Å². The number of rotatable bonds is 5. The summed E-state index contributed by atoms with van der Waals surface area (Å²) in [5, 5.41) is 3.52. The molecule has 1 unspecified atom stereocenters. The van der Waals surface area contributed by atoms with Crippen LogP contribution in [0, 0.1) is 5.41 Å². The number of methoxy groups -OCH3 is 1. The zero-order chi connectivity index (χ0) is 14.7. The molecule has 4 heteroatoms. The Labute approximate surface area is 127 Å². The van der Waals surface area contributed by atoms with Crippen molar-refractivity contribution in [3.8, 4) is 11.5 Å². The van der Waals surface area contributed by atoms with E-state index in [4.69, 9.17) is 9.47 Å². The summed E-state index contributed by atoms with van der Waals surface area (Å²) >= 11 is 0. The molecule has 1 aromatic carbocycles. The van der Waals surface area contributed by atoms with Crippen molar-refractivity contribution in [1.82, 2.24) is 10.2 Å². The van der Waals surface area contributed by atoms with E-state index >= 15 is 0 Å². The number of nitrogens with zero attached hydrogens (tertiary/aromatic N) is 1. The maximum Gasteiger partial charge on any atom is 0.161 e. The van der Waals surface area contributed by atoms with Crippen molar-refractivity contribution in [3.63, 3.8) is 0 Å². The Bertz CT molecular complexity index is 484. The maximum atomic E-state index is 5.58. The Morgan fingerprint density at radius 2 is 2.19 bits per heavy atom. The summed E-state index contributed by atoms with van der Waals surface area (Å²) in [6, 6.07) is 6.30. The van der Waals surface area contributed by atoms with E-state index in [0.29, 0.717) is 12.0 Å². The van der Waals surface area contributed by atoms with Gasteiger partial charge < -0.3 is 14.8 Å². The van der Waals surface area contributed by atoms with Crippen LogP contribution in [0.2, 0.25) is 0 Å². The molecule has 3 rings (SSSR count). The molecule has 1 spiro atoms. The third-order valence-corrected chi connectivity index (χ3v) is 4.78. The topological polar surface area (TPSA) is 33.7 Å². The van der Waals surface area contributed by atoms with Crippen molar-refractivity contribution < 1.29 is 9.47 Å². The SMILES string of the molecule is CCOc1ccc(CN2CCC3(CCNC3)C2)cc1OC. The molecule has 0 amide bonds. The molecule has 2 aliphatic heterocycles. The van der Waals surface area contributed by atoms with Gasteiger partial charge in [0.1, 0.15) is 0 Å². The van der Waals surface area contributed by atoms with Gasteiger partial charge >= 0.3 is 0 Å². The summed E-state index contributed by atoms with van der Waals surface area (Å²) in [4.78, 5) is 2.57. The number of likely N-dealkylation sites (tertiary alicyclic amines) is 1. The Morgan fingerprint density at radius 1 is 1.29 bits per heavy atom. The molecule has 0 aliphatic carbocycles. The molecule has 0 aromatic heterocycles. The van der Waals surface area contributed by atoms with Gasteiger partial charge in [0.25, 0.3) is 0 Å². The predicted octanol–water partition coefficient (Wildman–Crippen LogP) is 2.28. The quantitative estimate of drug-likeness (QED) is 0.902. The van der Waals surface area contributed by atoms with E-state index in [1.807, 2.05) is 13.0 Å². The van der Waals surface area contributed by atoms with Crippen LogP contribution in [-0.4, -0.2) is 44.8 Å². The highest BCUT2D eigenvalue weighted by Gasteiger charge is 2.39. The van der Waals surface area contributed by atoms with Crippen molar-refractivity contribution in [2.45, 2.75) is 26.3 Å². The number of benzene rings is 1. The van der Waals surface area contributed by atoms with E-state index in [2.05, 4.69) is 22.3 Å². The van der Waals surface area contributed by atoms with Crippen molar-refractivity contribution >= 4 is 0 Å². The third-order valence-electron chi connectivity index (χ3n) is 4.78.